The van der Waals surface area contributed by atoms with Crippen LogP contribution in [0.3, 0.4) is 0 Å². The summed E-state index contributed by atoms with van der Waals surface area (Å²) < 4.78 is 16.2. The number of aliphatic hydroxyl groups is 1. The van der Waals surface area contributed by atoms with Gasteiger partial charge in [0.15, 0.2) is 5.76 Å². The molecule has 1 unspecified atom stereocenters. The maximum atomic E-state index is 13.2. The number of oxazole rings is 1. The molecule has 1 aromatic heterocycles. The summed E-state index contributed by atoms with van der Waals surface area (Å²) in [6, 6.07) is 9.76. The summed E-state index contributed by atoms with van der Waals surface area (Å²) >= 11 is 12.3. The number of carbonyl (C=O) groups is 3. The first-order chi connectivity index (χ1) is 19.8. The van der Waals surface area contributed by atoms with Crippen molar-refractivity contribution < 1.29 is 38.5 Å². The molecule has 0 saturated heterocycles. The Morgan fingerprint density at radius 2 is 1.78 bits per heavy atom. The molecule has 12 nitrogen and oxygen atoms in total. The number of ether oxygens (including phenoxy) is 2. The third-order valence-electron chi connectivity index (χ3n) is 5.54. The largest absolute Gasteiger partial charge is 0.478 e. The molecule has 0 radical (unpaired) electrons. The number of aromatic nitrogens is 1. The normalized spacial score (nSPS) is 11.7. The number of halogens is 2. The van der Waals surface area contributed by atoms with Crippen molar-refractivity contribution in [3.63, 3.8) is 0 Å². The summed E-state index contributed by atoms with van der Waals surface area (Å²) in [5.74, 6) is -1.70. The first-order valence-electron chi connectivity index (χ1n) is 12.6. The van der Waals surface area contributed by atoms with Crippen LogP contribution in [-0.4, -0.2) is 78.6 Å². The molecule has 220 valence electrons. The molecule has 2 amide bonds. The van der Waals surface area contributed by atoms with Crippen molar-refractivity contribution in [3.05, 3.63) is 70.2 Å². The Hall–Kier alpha value is -3.52. The van der Waals surface area contributed by atoms with E-state index in [1.165, 1.54) is 24.4 Å². The highest BCUT2D eigenvalue weighted by molar-refractivity contribution is 6.35. The van der Waals surface area contributed by atoms with Gasteiger partial charge in [-0.1, -0.05) is 35.3 Å². The molecule has 0 spiro atoms. The van der Waals surface area contributed by atoms with Crippen molar-refractivity contribution in [2.75, 3.05) is 44.9 Å². The Morgan fingerprint density at radius 1 is 1.02 bits per heavy atom. The Bertz CT molecular complexity index is 1320. The smallest absolute Gasteiger partial charge is 0.337 e. The molecule has 14 heteroatoms. The SMILES string of the molecule is O=C(CC(NCc1ncc(-c2cc(Cl)ccc2Cl)o1)C(=O)Nc1ccccc1C(=O)O)NCCOCCOCCO. The van der Waals surface area contributed by atoms with Gasteiger partial charge in [0, 0.05) is 17.1 Å². The van der Waals surface area contributed by atoms with Gasteiger partial charge in [0.25, 0.3) is 0 Å². The summed E-state index contributed by atoms with van der Waals surface area (Å²) in [6.07, 6.45) is 1.20. The number of benzene rings is 2. The standard InChI is InChI=1S/C27H30Cl2N4O8/c28-17-5-6-20(29)19(13-17)23-15-32-25(41-23)16-31-22(14-24(35)30-7-9-39-11-12-40-10-8-34)26(36)33-21-4-2-1-3-18(21)27(37)38/h1-6,13,15,22,31,34H,7-12,14,16H2,(H,30,35)(H,33,36)(H,37,38). The summed E-state index contributed by atoms with van der Waals surface area (Å²) in [5.41, 5.74) is 0.530. The number of carbonyl (C=O) groups excluding carboxylic acids is 2. The summed E-state index contributed by atoms with van der Waals surface area (Å²) in [7, 11) is 0. The van der Waals surface area contributed by atoms with Gasteiger partial charge in [-0.05, 0) is 30.3 Å². The Labute approximate surface area is 245 Å². The van der Waals surface area contributed by atoms with E-state index in [0.717, 1.165) is 0 Å². The van der Waals surface area contributed by atoms with Gasteiger partial charge in [-0.3, -0.25) is 14.9 Å². The van der Waals surface area contributed by atoms with Crippen molar-refractivity contribution in [1.82, 2.24) is 15.6 Å². The number of aliphatic hydroxyl groups excluding tert-OH is 1. The highest BCUT2D eigenvalue weighted by atomic mass is 35.5. The number of hydrogen-bond donors (Lipinski definition) is 5. The first-order valence-corrected chi connectivity index (χ1v) is 13.3. The van der Waals surface area contributed by atoms with Gasteiger partial charge < -0.3 is 34.7 Å². The number of aromatic carboxylic acids is 1. The highest BCUT2D eigenvalue weighted by Crippen LogP contribution is 2.31. The van der Waals surface area contributed by atoms with Gasteiger partial charge in [0.1, 0.15) is 0 Å². The minimum Gasteiger partial charge on any atom is -0.478 e. The van der Waals surface area contributed by atoms with E-state index in [4.69, 9.17) is 42.2 Å². The van der Waals surface area contributed by atoms with Gasteiger partial charge in [0.2, 0.25) is 17.7 Å². The molecule has 0 aliphatic rings. The Kier molecular flexibility index (Phi) is 13.0. The third kappa shape index (κ3) is 10.4. The average molecular weight is 609 g/mol. The van der Waals surface area contributed by atoms with E-state index in [1.54, 1.807) is 24.3 Å². The number of nitrogens with one attached hydrogen (secondary N) is 3. The second-order valence-corrected chi connectivity index (χ2v) is 9.36. The van der Waals surface area contributed by atoms with Crippen LogP contribution in [0.2, 0.25) is 10.0 Å². The Balaban J connectivity index is 1.63. The number of carboxylic acids is 1. The van der Waals surface area contributed by atoms with Crippen LogP contribution in [0.5, 0.6) is 0 Å². The van der Waals surface area contributed by atoms with Crippen LogP contribution < -0.4 is 16.0 Å². The quantitative estimate of drug-likeness (QED) is 0.143. The van der Waals surface area contributed by atoms with Crippen molar-refractivity contribution in [2.45, 2.75) is 19.0 Å². The van der Waals surface area contributed by atoms with Gasteiger partial charge in [-0.15, -0.1) is 0 Å². The lowest BCUT2D eigenvalue weighted by molar-refractivity contribution is -0.126. The second kappa shape index (κ2) is 16.7. The van der Waals surface area contributed by atoms with E-state index in [-0.39, 0.29) is 56.5 Å². The topological polar surface area (TPSA) is 172 Å². The summed E-state index contributed by atoms with van der Waals surface area (Å²) in [6.45, 7) is 1.13. The predicted octanol–water partition coefficient (Wildman–Crippen LogP) is 2.98. The van der Waals surface area contributed by atoms with E-state index in [2.05, 4.69) is 20.9 Å². The molecule has 2 aromatic carbocycles. The first kappa shape index (κ1) is 32.0. The maximum absolute atomic E-state index is 13.2. The van der Waals surface area contributed by atoms with E-state index in [9.17, 15) is 19.5 Å². The molecule has 3 aromatic rings. The van der Waals surface area contributed by atoms with E-state index >= 15 is 0 Å². The minimum atomic E-state index is -1.21. The molecular weight excluding hydrogens is 579 g/mol. The summed E-state index contributed by atoms with van der Waals surface area (Å²) in [5, 5.41) is 27.2. The van der Waals surface area contributed by atoms with Crippen LogP contribution in [0, 0.1) is 0 Å². The van der Waals surface area contributed by atoms with E-state index in [0.29, 0.717) is 34.6 Å². The molecule has 41 heavy (non-hydrogen) atoms. The zero-order valence-corrected chi connectivity index (χ0v) is 23.4. The molecule has 3 rings (SSSR count). The van der Waals surface area contributed by atoms with Crippen LogP contribution in [0.15, 0.2) is 53.1 Å². The zero-order valence-electron chi connectivity index (χ0n) is 21.9. The van der Waals surface area contributed by atoms with E-state index < -0.39 is 23.8 Å². The molecule has 1 atom stereocenters. The fraction of sp³-hybridized carbons (Fsp3) is 0.333. The maximum Gasteiger partial charge on any atom is 0.337 e. The lowest BCUT2D eigenvalue weighted by Crippen LogP contribution is -2.44. The molecule has 0 bridgehead atoms. The van der Waals surface area contributed by atoms with Gasteiger partial charge in [-0.25, -0.2) is 9.78 Å². The van der Waals surface area contributed by atoms with E-state index in [1.807, 2.05) is 0 Å². The molecule has 0 fully saturated rings. The van der Waals surface area contributed by atoms with Crippen molar-refractivity contribution in [2.24, 2.45) is 0 Å². The second-order valence-electron chi connectivity index (χ2n) is 8.52. The number of rotatable bonds is 17. The monoisotopic (exact) mass is 608 g/mol. The lowest BCUT2D eigenvalue weighted by atomic mass is 10.1. The van der Waals surface area contributed by atoms with Crippen LogP contribution in [0.25, 0.3) is 11.3 Å². The van der Waals surface area contributed by atoms with Crippen LogP contribution in [0.1, 0.15) is 22.7 Å². The van der Waals surface area contributed by atoms with Crippen LogP contribution in [-0.2, 0) is 25.6 Å². The van der Waals surface area contributed by atoms with Gasteiger partial charge >= 0.3 is 5.97 Å². The molecule has 5 N–H and O–H groups in total. The molecule has 0 saturated carbocycles. The summed E-state index contributed by atoms with van der Waals surface area (Å²) in [4.78, 5) is 41.6. The van der Waals surface area contributed by atoms with Crippen LogP contribution in [0.4, 0.5) is 5.69 Å². The third-order valence-corrected chi connectivity index (χ3v) is 6.11. The van der Waals surface area contributed by atoms with Crippen molar-refractivity contribution >= 4 is 46.7 Å². The Morgan fingerprint density at radius 3 is 2.54 bits per heavy atom. The van der Waals surface area contributed by atoms with Gasteiger partial charge in [0.05, 0.1) is 74.5 Å². The van der Waals surface area contributed by atoms with Gasteiger partial charge in [-0.2, -0.15) is 0 Å². The number of hydrogen-bond acceptors (Lipinski definition) is 9. The minimum absolute atomic E-state index is 0.0267. The van der Waals surface area contributed by atoms with Crippen LogP contribution >= 0.6 is 23.2 Å². The van der Waals surface area contributed by atoms with Crippen molar-refractivity contribution in [3.8, 4) is 11.3 Å². The number of anilines is 1. The molecule has 0 aliphatic heterocycles. The molecule has 1 heterocycles. The number of carboxylic acid groups (broad SMARTS) is 1. The number of para-hydroxylation sites is 1. The number of amides is 2. The van der Waals surface area contributed by atoms with Crippen molar-refractivity contribution in [1.29, 1.82) is 0 Å². The predicted molar refractivity (Wildman–Crippen MR) is 151 cm³/mol. The molecule has 0 aliphatic carbocycles. The highest BCUT2D eigenvalue weighted by Gasteiger charge is 2.24. The fourth-order valence-corrected chi connectivity index (χ4v) is 3.96. The molecular formula is C27H30Cl2N4O8. The fourth-order valence-electron chi connectivity index (χ4n) is 3.58. The average Bonchev–Trinajstić information content (AvgIpc) is 3.42. The lowest BCUT2D eigenvalue weighted by Gasteiger charge is -2.18. The number of nitrogens with zero attached hydrogens (tertiary/aromatic N) is 1. The zero-order chi connectivity index (χ0) is 29.6.